The third-order valence-corrected chi connectivity index (χ3v) is 4.68. The van der Waals surface area contributed by atoms with Crippen LogP contribution in [-0.2, 0) is 0 Å². The standard InChI is InChI=1S/C19H25NO/c1-15(18-13-8-14-21-18)20-19(16-9-4-2-5-10-16)17-11-6-3-7-12-17/h2,4-5,8-10,13-15,17,19-20H,3,6-7,11-12H2,1H3/t15-,19?/m0/s1. The minimum Gasteiger partial charge on any atom is -0.468 e. The van der Waals surface area contributed by atoms with Gasteiger partial charge in [0, 0.05) is 6.04 Å². The van der Waals surface area contributed by atoms with E-state index in [2.05, 4.69) is 48.6 Å². The third-order valence-electron chi connectivity index (χ3n) is 4.68. The van der Waals surface area contributed by atoms with Gasteiger partial charge in [0.1, 0.15) is 5.76 Å². The van der Waals surface area contributed by atoms with Crippen LogP contribution in [0, 0.1) is 5.92 Å². The van der Waals surface area contributed by atoms with Crippen molar-refractivity contribution in [3.63, 3.8) is 0 Å². The molecular weight excluding hydrogens is 258 g/mol. The van der Waals surface area contributed by atoms with E-state index in [4.69, 9.17) is 4.42 Å². The van der Waals surface area contributed by atoms with Gasteiger partial charge < -0.3 is 9.73 Å². The molecule has 1 N–H and O–H groups in total. The van der Waals surface area contributed by atoms with Crippen molar-refractivity contribution in [2.45, 2.75) is 51.1 Å². The van der Waals surface area contributed by atoms with Crippen LogP contribution in [0.4, 0.5) is 0 Å². The smallest absolute Gasteiger partial charge is 0.120 e. The van der Waals surface area contributed by atoms with Crippen LogP contribution in [0.1, 0.15) is 62.4 Å². The number of furan rings is 1. The van der Waals surface area contributed by atoms with Gasteiger partial charge in [0.25, 0.3) is 0 Å². The van der Waals surface area contributed by atoms with Crippen LogP contribution in [0.25, 0.3) is 0 Å². The second kappa shape index (κ2) is 6.95. The molecule has 0 amide bonds. The molecule has 1 aliphatic carbocycles. The van der Waals surface area contributed by atoms with Crippen LogP contribution in [0.3, 0.4) is 0 Å². The first-order valence-corrected chi connectivity index (χ1v) is 8.19. The van der Waals surface area contributed by atoms with Crippen LogP contribution in [-0.4, -0.2) is 0 Å². The molecular formula is C19H25NO. The highest BCUT2D eigenvalue weighted by atomic mass is 16.3. The van der Waals surface area contributed by atoms with Gasteiger partial charge in [0.05, 0.1) is 12.3 Å². The van der Waals surface area contributed by atoms with Gasteiger partial charge in [-0.15, -0.1) is 0 Å². The van der Waals surface area contributed by atoms with Gasteiger partial charge >= 0.3 is 0 Å². The molecule has 0 spiro atoms. The Kier molecular flexibility index (Phi) is 4.76. The molecule has 112 valence electrons. The van der Waals surface area contributed by atoms with E-state index in [0.717, 1.165) is 11.7 Å². The highest BCUT2D eigenvalue weighted by Crippen LogP contribution is 2.36. The maximum atomic E-state index is 5.56. The van der Waals surface area contributed by atoms with Crippen molar-refractivity contribution in [2.75, 3.05) is 0 Å². The Bertz CT molecular complexity index is 514. The van der Waals surface area contributed by atoms with E-state index in [1.165, 1.54) is 37.7 Å². The van der Waals surface area contributed by atoms with Gasteiger partial charge in [0.2, 0.25) is 0 Å². The molecule has 1 heterocycles. The lowest BCUT2D eigenvalue weighted by molar-refractivity contribution is 0.249. The van der Waals surface area contributed by atoms with Crippen molar-refractivity contribution >= 4 is 0 Å². The number of hydrogen-bond acceptors (Lipinski definition) is 2. The lowest BCUT2D eigenvalue weighted by Gasteiger charge is -2.33. The molecule has 0 aliphatic heterocycles. The van der Waals surface area contributed by atoms with E-state index in [-0.39, 0.29) is 6.04 Å². The number of nitrogens with one attached hydrogen (secondary N) is 1. The fourth-order valence-corrected chi connectivity index (χ4v) is 3.52. The summed E-state index contributed by atoms with van der Waals surface area (Å²) in [5.41, 5.74) is 1.41. The fourth-order valence-electron chi connectivity index (χ4n) is 3.52. The molecule has 0 saturated heterocycles. The summed E-state index contributed by atoms with van der Waals surface area (Å²) >= 11 is 0. The molecule has 2 aromatic rings. The first kappa shape index (κ1) is 14.4. The van der Waals surface area contributed by atoms with Gasteiger partial charge in [-0.2, -0.15) is 0 Å². The SMILES string of the molecule is C[C@H](NC(c1ccccc1)C1CCCCC1)c1ccco1. The summed E-state index contributed by atoms with van der Waals surface area (Å²) in [5, 5.41) is 3.81. The maximum Gasteiger partial charge on any atom is 0.120 e. The molecule has 0 bridgehead atoms. The van der Waals surface area contributed by atoms with Gasteiger partial charge in [-0.3, -0.25) is 0 Å². The maximum absolute atomic E-state index is 5.56. The van der Waals surface area contributed by atoms with Crippen LogP contribution in [0.5, 0.6) is 0 Å². The first-order valence-electron chi connectivity index (χ1n) is 8.19. The summed E-state index contributed by atoms with van der Waals surface area (Å²) in [6, 6.07) is 15.6. The first-order chi connectivity index (χ1) is 10.3. The lowest BCUT2D eigenvalue weighted by atomic mass is 9.81. The molecule has 1 fully saturated rings. The molecule has 1 unspecified atom stereocenters. The molecule has 21 heavy (non-hydrogen) atoms. The zero-order valence-corrected chi connectivity index (χ0v) is 12.8. The monoisotopic (exact) mass is 283 g/mol. The van der Waals surface area contributed by atoms with Crippen molar-refractivity contribution in [1.82, 2.24) is 5.32 Å². The lowest BCUT2D eigenvalue weighted by Crippen LogP contribution is -2.31. The Balaban J connectivity index is 1.78. The van der Waals surface area contributed by atoms with Crippen molar-refractivity contribution < 1.29 is 4.42 Å². The second-order valence-electron chi connectivity index (χ2n) is 6.19. The zero-order valence-electron chi connectivity index (χ0n) is 12.8. The van der Waals surface area contributed by atoms with Crippen LogP contribution in [0.2, 0.25) is 0 Å². The van der Waals surface area contributed by atoms with Crippen molar-refractivity contribution in [3.05, 3.63) is 60.1 Å². The average molecular weight is 283 g/mol. The van der Waals surface area contributed by atoms with E-state index in [1.807, 2.05) is 6.07 Å². The topological polar surface area (TPSA) is 25.2 Å². The summed E-state index contributed by atoms with van der Waals surface area (Å²) in [6.07, 6.45) is 8.54. The molecule has 1 aromatic carbocycles. The van der Waals surface area contributed by atoms with E-state index in [0.29, 0.717) is 6.04 Å². The Hall–Kier alpha value is -1.54. The number of rotatable bonds is 5. The normalized spacial score (nSPS) is 19.3. The van der Waals surface area contributed by atoms with Gasteiger partial charge in [-0.05, 0) is 43.4 Å². The van der Waals surface area contributed by atoms with Crippen LogP contribution >= 0.6 is 0 Å². The number of benzene rings is 1. The Morgan fingerprint density at radius 2 is 1.76 bits per heavy atom. The highest BCUT2D eigenvalue weighted by Gasteiger charge is 2.26. The van der Waals surface area contributed by atoms with E-state index in [1.54, 1.807) is 6.26 Å². The van der Waals surface area contributed by atoms with Crippen molar-refractivity contribution in [3.8, 4) is 0 Å². The molecule has 1 aromatic heterocycles. The fraction of sp³-hybridized carbons (Fsp3) is 0.474. The summed E-state index contributed by atoms with van der Waals surface area (Å²) in [4.78, 5) is 0. The highest BCUT2D eigenvalue weighted by molar-refractivity contribution is 5.20. The summed E-state index contributed by atoms with van der Waals surface area (Å²) in [6.45, 7) is 2.19. The van der Waals surface area contributed by atoms with Crippen molar-refractivity contribution in [2.24, 2.45) is 5.92 Å². The molecule has 2 nitrogen and oxygen atoms in total. The minimum atomic E-state index is 0.243. The second-order valence-corrected chi connectivity index (χ2v) is 6.19. The van der Waals surface area contributed by atoms with Crippen LogP contribution in [0.15, 0.2) is 53.1 Å². The molecule has 1 aliphatic rings. The number of hydrogen-bond donors (Lipinski definition) is 1. The predicted molar refractivity (Wildman–Crippen MR) is 86.0 cm³/mol. The van der Waals surface area contributed by atoms with Crippen LogP contribution < -0.4 is 5.32 Å². The quantitative estimate of drug-likeness (QED) is 0.810. The Labute approximate surface area is 127 Å². The molecule has 0 radical (unpaired) electrons. The predicted octanol–water partition coefficient (Wildman–Crippen LogP) is 5.25. The summed E-state index contributed by atoms with van der Waals surface area (Å²) in [5.74, 6) is 1.75. The molecule has 2 atom stereocenters. The molecule has 1 saturated carbocycles. The van der Waals surface area contributed by atoms with Gasteiger partial charge in [0.15, 0.2) is 0 Å². The summed E-state index contributed by atoms with van der Waals surface area (Å²) < 4.78 is 5.56. The Morgan fingerprint density at radius 3 is 2.43 bits per heavy atom. The van der Waals surface area contributed by atoms with Gasteiger partial charge in [-0.25, -0.2) is 0 Å². The molecule has 2 heteroatoms. The zero-order chi connectivity index (χ0) is 14.5. The minimum absolute atomic E-state index is 0.243. The average Bonchev–Trinajstić information content (AvgIpc) is 3.09. The van der Waals surface area contributed by atoms with Crippen molar-refractivity contribution in [1.29, 1.82) is 0 Å². The summed E-state index contributed by atoms with van der Waals surface area (Å²) in [7, 11) is 0. The van der Waals surface area contributed by atoms with E-state index in [9.17, 15) is 0 Å². The van der Waals surface area contributed by atoms with Gasteiger partial charge in [-0.1, -0.05) is 49.6 Å². The van der Waals surface area contributed by atoms with E-state index < -0.39 is 0 Å². The van der Waals surface area contributed by atoms with E-state index >= 15 is 0 Å². The Morgan fingerprint density at radius 1 is 1.00 bits per heavy atom. The molecule has 3 rings (SSSR count). The third kappa shape index (κ3) is 3.56. The largest absolute Gasteiger partial charge is 0.468 e.